The summed E-state index contributed by atoms with van der Waals surface area (Å²) in [7, 11) is 0. The van der Waals surface area contributed by atoms with Crippen molar-refractivity contribution in [2.75, 3.05) is 0 Å². The first-order valence-electron chi connectivity index (χ1n) is 4.78. The third-order valence-electron chi connectivity index (χ3n) is 2.18. The van der Waals surface area contributed by atoms with Gasteiger partial charge in [-0.05, 0) is 17.7 Å². The van der Waals surface area contributed by atoms with E-state index >= 15 is 0 Å². The molecule has 1 heterocycles. The maximum atomic E-state index is 9.29. The molecule has 0 unspecified atom stereocenters. The molecule has 0 spiro atoms. The fraction of sp³-hybridized carbons (Fsp3) is 0.182. The smallest absolute Gasteiger partial charge is 0.115 e. The zero-order valence-corrected chi connectivity index (χ0v) is 8.27. The van der Waals surface area contributed by atoms with Gasteiger partial charge in [0.2, 0.25) is 0 Å². The summed E-state index contributed by atoms with van der Waals surface area (Å²) in [4.78, 5) is 7.31. The maximum Gasteiger partial charge on any atom is 0.115 e. The van der Waals surface area contributed by atoms with Gasteiger partial charge in [0.15, 0.2) is 0 Å². The Morgan fingerprint density at radius 1 is 1.40 bits per heavy atom. The van der Waals surface area contributed by atoms with Crippen molar-refractivity contribution < 1.29 is 5.11 Å². The summed E-state index contributed by atoms with van der Waals surface area (Å²) in [5, 5.41) is 9.29. The Morgan fingerprint density at radius 3 is 2.93 bits per heavy atom. The summed E-state index contributed by atoms with van der Waals surface area (Å²) in [5.41, 5.74) is 7.41. The molecule has 1 aromatic heterocycles. The highest BCUT2D eigenvalue weighted by Crippen LogP contribution is 2.13. The van der Waals surface area contributed by atoms with Gasteiger partial charge in [-0.2, -0.15) is 0 Å². The third kappa shape index (κ3) is 2.35. The van der Waals surface area contributed by atoms with Crippen LogP contribution in [0.15, 0.2) is 30.5 Å². The molecule has 0 radical (unpaired) electrons. The number of benzene rings is 1. The van der Waals surface area contributed by atoms with Crippen LogP contribution in [0.1, 0.15) is 17.1 Å². The van der Waals surface area contributed by atoms with Gasteiger partial charge in [-0.1, -0.05) is 12.1 Å². The molecule has 0 aliphatic carbocycles. The molecular formula is C11H13N3O. The van der Waals surface area contributed by atoms with E-state index in [0.717, 1.165) is 17.1 Å². The first-order chi connectivity index (χ1) is 7.28. The fourth-order valence-electron chi connectivity index (χ4n) is 1.46. The number of phenols is 1. The molecule has 0 aliphatic rings. The lowest BCUT2D eigenvalue weighted by Gasteiger charge is -1.99. The topological polar surface area (TPSA) is 74.9 Å². The van der Waals surface area contributed by atoms with Crippen LogP contribution in [0.2, 0.25) is 0 Å². The van der Waals surface area contributed by atoms with E-state index < -0.39 is 0 Å². The van der Waals surface area contributed by atoms with Crippen molar-refractivity contribution in [3.05, 3.63) is 47.5 Å². The number of nitrogens with two attached hydrogens (primary N) is 1. The monoisotopic (exact) mass is 203 g/mol. The third-order valence-corrected chi connectivity index (χ3v) is 2.18. The highest BCUT2D eigenvalue weighted by atomic mass is 16.3. The number of nitrogens with one attached hydrogen (secondary N) is 1. The number of hydrogen-bond acceptors (Lipinski definition) is 3. The Bertz CT molecular complexity index is 451. The van der Waals surface area contributed by atoms with Gasteiger partial charge in [0, 0.05) is 24.9 Å². The van der Waals surface area contributed by atoms with Gasteiger partial charge in [-0.3, -0.25) is 0 Å². The van der Waals surface area contributed by atoms with Crippen LogP contribution in [0.4, 0.5) is 0 Å². The molecule has 4 nitrogen and oxygen atoms in total. The van der Waals surface area contributed by atoms with Crippen LogP contribution >= 0.6 is 0 Å². The van der Waals surface area contributed by atoms with E-state index in [0.29, 0.717) is 13.0 Å². The summed E-state index contributed by atoms with van der Waals surface area (Å²) in [6.45, 7) is 0.465. The molecule has 0 amide bonds. The predicted octanol–water partition coefficient (Wildman–Crippen LogP) is 1.16. The van der Waals surface area contributed by atoms with Crippen LogP contribution in [0.25, 0.3) is 0 Å². The molecule has 15 heavy (non-hydrogen) atoms. The molecule has 0 fully saturated rings. The Morgan fingerprint density at radius 2 is 2.27 bits per heavy atom. The minimum atomic E-state index is 0.276. The largest absolute Gasteiger partial charge is 0.508 e. The van der Waals surface area contributed by atoms with Crippen LogP contribution in [-0.2, 0) is 13.0 Å². The Hall–Kier alpha value is -1.81. The van der Waals surface area contributed by atoms with E-state index in [-0.39, 0.29) is 5.75 Å². The average Bonchev–Trinajstić information content (AvgIpc) is 2.65. The summed E-state index contributed by atoms with van der Waals surface area (Å²) >= 11 is 0. The van der Waals surface area contributed by atoms with Crippen LogP contribution in [-0.4, -0.2) is 15.1 Å². The van der Waals surface area contributed by atoms with Crippen molar-refractivity contribution in [3.8, 4) is 5.75 Å². The molecule has 0 saturated heterocycles. The van der Waals surface area contributed by atoms with Gasteiger partial charge in [-0.15, -0.1) is 0 Å². The molecule has 2 aromatic rings. The van der Waals surface area contributed by atoms with Crippen molar-refractivity contribution in [2.24, 2.45) is 5.73 Å². The second-order valence-electron chi connectivity index (χ2n) is 3.41. The van der Waals surface area contributed by atoms with E-state index in [1.807, 2.05) is 12.1 Å². The van der Waals surface area contributed by atoms with Gasteiger partial charge in [0.1, 0.15) is 11.6 Å². The molecule has 0 bridgehead atoms. The molecule has 0 saturated carbocycles. The molecule has 4 heteroatoms. The van der Waals surface area contributed by atoms with Crippen molar-refractivity contribution in [2.45, 2.75) is 13.0 Å². The maximum absolute atomic E-state index is 9.29. The van der Waals surface area contributed by atoms with E-state index in [1.165, 1.54) is 0 Å². The lowest BCUT2D eigenvalue weighted by molar-refractivity contribution is 0.474. The predicted molar refractivity (Wildman–Crippen MR) is 57.4 cm³/mol. The fourth-order valence-corrected chi connectivity index (χ4v) is 1.46. The SMILES string of the molecule is NCc1cnc(Cc2cccc(O)c2)[nH]1. The van der Waals surface area contributed by atoms with Crippen LogP contribution in [0, 0.1) is 0 Å². The zero-order chi connectivity index (χ0) is 10.7. The number of aromatic nitrogens is 2. The van der Waals surface area contributed by atoms with Gasteiger partial charge < -0.3 is 15.8 Å². The van der Waals surface area contributed by atoms with E-state index in [4.69, 9.17) is 5.73 Å². The second kappa shape index (κ2) is 4.14. The van der Waals surface area contributed by atoms with Crippen LogP contribution in [0.3, 0.4) is 0 Å². The number of nitrogens with zero attached hydrogens (tertiary/aromatic N) is 1. The Labute approximate surface area is 87.8 Å². The number of aromatic hydroxyl groups is 1. The highest BCUT2D eigenvalue weighted by Gasteiger charge is 2.01. The van der Waals surface area contributed by atoms with Crippen molar-refractivity contribution >= 4 is 0 Å². The summed E-state index contributed by atoms with van der Waals surface area (Å²) in [6, 6.07) is 7.14. The highest BCUT2D eigenvalue weighted by molar-refractivity contribution is 5.29. The van der Waals surface area contributed by atoms with Gasteiger partial charge >= 0.3 is 0 Å². The average molecular weight is 203 g/mol. The lowest BCUT2D eigenvalue weighted by Crippen LogP contribution is -1.97. The first kappa shape index (κ1) is 9.73. The van der Waals surface area contributed by atoms with Crippen molar-refractivity contribution in [3.63, 3.8) is 0 Å². The number of hydrogen-bond donors (Lipinski definition) is 3. The number of imidazole rings is 1. The molecule has 4 N–H and O–H groups in total. The molecular weight excluding hydrogens is 190 g/mol. The minimum absolute atomic E-state index is 0.276. The number of H-pyrrole nitrogens is 1. The quantitative estimate of drug-likeness (QED) is 0.700. The first-order valence-corrected chi connectivity index (χ1v) is 4.78. The molecule has 78 valence electrons. The molecule has 0 atom stereocenters. The van der Waals surface area contributed by atoms with Gasteiger partial charge in [0.05, 0.1) is 0 Å². The van der Waals surface area contributed by atoms with Gasteiger partial charge in [0.25, 0.3) is 0 Å². The molecule has 1 aromatic carbocycles. The summed E-state index contributed by atoms with van der Waals surface area (Å²) in [5.74, 6) is 1.14. The van der Waals surface area contributed by atoms with Crippen LogP contribution in [0.5, 0.6) is 5.75 Å². The molecule has 0 aliphatic heterocycles. The summed E-state index contributed by atoms with van der Waals surface area (Å²) < 4.78 is 0. The van der Waals surface area contributed by atoms with E-state index in [9.17, 15) is 5.11 Å². The number of phenolic OH excluding ortho intramolecular Hbond substituents is 1. The van der Waals surface area contributed by atoms with Crippen LogP contribution < -0.4 is 5.73 Å². The zero-order valence-electron chi connectivity index (χ0n) is 8.27. The van der Waals surface area contributed by atoms with Crippen molar-refractivity contribution in [1.82, 2.24) is 9.97 Å². The van der Waals surface area contributed by atoms with Gasteiger partial charge in [-0.25, -0.2) is 4.98 Å². The van der Waals surface area contributed by atoms with E-state index in [1.54, 1.807) is 18.3 Å². The summed E-state index contributed by atoms with van der Waals surface area (Å²) in [6.07, 6.45) is 2.41. The number of aromatic amines is 1. The Balaban J connectivity index is 2.14. The van der Waals surface area contributed by atoms with Crippen molar-refractivity contribution in [1.29, 1.82) is 0 Å². The lowest BCUT2D eigenvalue weighted by atomic mass is 10.1. The molecule has 2 rings (SSSR count). The standard InChI is InChI=1S/C11H13N3O/c12-6-9-7-13-11(14-9)5-8-2-1-3-10(15)4-8/h1-4,7,15H,5-6,12H2,(H,13,14). The number of rotatable bonds is 3. The Kier molecular flexibility index (Phi) is 2.69. The van der Waals surface area contributed by atoms with E-state index in [2.05, 4.69) is 9.97 Å². The minimum Gasteiger partial charge on any atom is -0.508 e. The second-order valence-corrected chi connectivity index (χ2v) is 3.41. The normalized spacial score (nSPS) is 10.5.